The van der Waals surface area contributed by atoms with Crippen LogP contribution in [-0.2, 0) is 0 Å². The molecule has 1 fully saturated rings. The van der Waals surface area contributed by atoms with Gasteiger partial charge in [-0.3, -0.25) is 4.79 Å². The molecular formula is C18H16ClNO3. The summed E-state index contributed by atoms with van der Waals surface area (Å²) in [6.07, 6.45) is 1.48. The zero-order valence-corrected chi connectivity index (χ0v) is 13.2. The van der Waals surface area contributed by atoms with Crippen molar-refractivity contribution in [3.05, 3.63) is 51.6 Å². The normalized spacial score (nSPS) is 18.7. The lowest BCUT2D eigenvalue weighted by Gasteiger charge is -2.32. The van der Waals surface area contributed by atoms with Crippen molar-refractivity contribution in [2.75, 3.05) is 18.0 Å². The summed E-state index contributed by atoms with van der Waals surface area (Å²) in [5.74, 6) is 0. The first kappa shape index (κ1) is 14.5. The molecule has 0 radical (unpaired) electrons. The summed E-state index contributed by atoms with van der Waals surface area (Å²) >= 11 is 6.16. The van der Waals surface area contributed by atoms with E-state index in [0.29, 0.717) is 33.5 Å². The van der Waals surface area contributed by atoms with E-state index in [4.69, 9.17) is 16.0 Å². The number of anilines is 1. The maximum atomic E-state index is 12.6. The number of β-amino-alcohol motifs (C(OH)–C–C–N with tert-alkyl or cyclic N) is 1. The topological polar surface area (TPSA) is 53.7 Å². The molecule has 118 valence electrons. The Hall–Kier alpha value is -2.04. The van der Waals surface area contributed by atoms with E-state index in [1.807, 2.05) is 12.1 Å². The standard InChI is InChI=1S/C18H16ClNO3/c19-15-5-1-4-14-17(22)13-7-6-11(9-16(13)23-18(14)15)20-8-2-3-12(21)10-20/h1,4-7,9,12,21H,2-3,8,10H2/t12-/m0/s1. The van der Waals surface area contributed by atoms with E-state index in [0.717, 1.165) is 25.1 Å². The highest BCUT2D eigenvalue weighted by Crippen LogP contribution is 2.28. The monoisotopic (exact) mass is 329 g/mol. The van der Waals surface area contributed by atoms with E-state index in [9.17, 15) is 9.90 Å². The molecule has 0 aliphatic carbocycles. The molecule has 0 spiro atoms. The van der Waals surface area contributed by atoms with Gasteiger partial charge in [0.2, 0.25) is 5.43 Å². The minimum absolute atomic E-state index is 0.0750. The van der Waals surface area contributed by atoms with Gasteiger partial charge in [-0.25, -0.2) is 0 Å². The second-order valence-corrected chi connectivity index (χ2v) is 6.38. The van der Waals surface area contributed by atoms with E-state index >= 15 is 0 Å². The molecule has 1 saturated heterocycles. The Balaban J connectivity index is 1.90. The SMILES string of the molecule is O=c1c2ccc(N3CCC[C@H](O)C3)cc2oc2c(Cl)cccc12. The number of fused-ring (bicyclic) bond motifs is 2. The fourth-order valence-electron chi connectivity index (χ4n) is 3.22. The van der Waals surface area contributed by atoms with Gasteiger partial charge in [0.05, 0.1) is 21.9 Å². The van der Waals surface area contributed by atoms with E-state index in [-0.39, 0.29) is 11.5 Å². The van der Waals surface area contributed by atoms with Crippen molar-refractivity contribution < 1.29 is 9.52 Å². The first-order valence-corrected chi connectivity index (χ1v) is 8.09. The second-order valence-electron chi connectivity index (χ2n) is 5.97. The highest BCUT2D eigenvalue weighted by molar-refractivity contribution is 6.34. The van der Waals surface area contributed by atoms with Crippen LogP contribution in [0.1, 0.15) is 12.8 Å². The molecule has 1 aromatic heterocycles. The Morgan fingerprint density at radius 3 is 2.91 bits per heavy atom. The van der Waals surface area contributed by atoms with Gasteiger partial charge in [0.1, 0.15) is 5.58 Å². The molecule has 1 aliphatic heterocycles. The molecule has 1 N–H and O–H groups in total. The van der Waals surface area contributed by atoms with Crippen LogP contribution in [0.15, 0.2) is 45.6 Å². The summed E-state index contributed by atoms with van der Waals surface area (Å²) < 4.78 is 5.89. The number of nitrogens with zero attached hydrogens (tertiary/aromatic N) is 1. The number of aliphatic hydroxyl groups excluding tert-OH is 1. The second kappa shape index (κ2) is 5.55. The van der Waals surface area contributed by atoms with Crippen LogP contribution < -0.4 is 10.3 Å². The average molecular weight is 330 g/mol. The first-order valence-electron chi connectivity index (χ1n) is 7.71. The van der Waals surface area contributed by atoms with Crippen molar-refractivity contribution in [1.82, 2.24) is 0 Å². The quantitative estimate of drug-likeness (QED) is 0.694. The number of piperidine rings is 1. The summed E-state index contributed by atoms with van der Waals surface area (Å²) in [6, 6.07) is 10.7. The van der Waals surface area contributed by atoms with Crippen molar-refractivity contribution >= 4 is 39.2 Å². The molecule has 1 atom stereocenters. The van der Waals surface area contributed by atoms with Gasteiger partial charge in [-0.2, -0.15) is 0 Å². The van der Waals surface area contributed by atoms with Crippen LogP contribution in [0.2, 0.25) is 5.02 Å². The van der Waals surface area contributed by atoms with E-state index in [1.54, 1.807) is 24.3 Å². The first-order chi connectivity index (χ1) is 11.1. The smallest absolute Gasteiger partial charge is 0.200 e. The summed E-state index contributed by atoms with van der Waals surface area (Å²) in [4.78, 5) is 14.7. The molecule has 4 nitrogen and oxygen atoms in total. The van der Waals surface area contributed by atoms with Gasteiger partial charge >= 0.3 is 0 Å². The molecular weight excluding hydrogens is 314 g/mol. The van der Waals surface area contributed by atoms with Crippen LogP contribution in [-0.4, -0.2) is 24.3 Å². The zero-order chi connectivity index (χ0) is 16.0. The lowest BCUT2D eigenvalue weighted by molar-refractivity contribution is 0.154. The summed E-state index contributed by atoms with van der Waals surface area (Å²) in [6.45, 7) is 1.49. The van der Waals surface area contributed by atoms with Crippen molar-refractivity contribution in [2.24, 2.45) is 0 Å². The summed E-state index contributed by atoms with van der Waals surface area (Å²) in [5, 5.41) is 11.3. The predicted octanol–water partition coefficient (Wildman–Crippen LogP) is 3.56. The van der Waals surface area contributed by atoms with Gasteiger partial charge in [-0.05, 0) is 37.1 Å². The average Bonchev–Trinajstić information content (AvgIpc) is 2.56. The Bertz CT molecular complexity index is 950. The van der Waals surface area contributed by atoms with Crippen LogP contribution >= 0.6 is 11.6 Å². The molecule has 0 unspecified atom stereocenters. The Morgan fingerprint density at radius 2 is 2.09 bits per heavy atom. The molecule has 2 aromatic carbocycles. The van der Waals surface area contributed by atoms with E-state index < -0.39 is 0 Å². The molecule has 0 amide bonds. The fraction of sp³-hybridized carbons (Fsp3) is 0.278. The third-order valence-corrected chi connectivity index (χ3v) is 4.69. The highest BCUT2D eigenvalue weighted by Gasteiger charge is 2.19. The summed E-state index contributed by atoms with van der Waals surface area (Å²) in [5.41, 5.74) is 1.82. The van der Waals surface area contributed by atoms with Crippen LogP contribution in [0.4, 0.5) is 5.69 Å². The maximum Gasteiger partial charge on any atom is 0.200 e. The van der Waals surface area contributed by atoms with Crippen LogP contribution in [0.3, 0.4) is 0 Å². The van der Waals surface area contributed by atoms with Crippen molar-refractivity contribution in [3.63, 3.8) is 0 Å². The zero-order valence-electron chi connectivity index (χ0n) is 12.5. The third-order valence-electron chi connectivity index (χ3n) is 4.40. The molecule has 5 heteroatoms. The minimum atomic E-state index is -0.308. The lowest BCUT2D eigenvalue weighted by atomic mass is 10.1. The molecule has 4 rings (SSSR count). The molecule has 2 heterocycles. The van der Waals surface area contributed by atoms with Gasteiger partial charge in [-0.1, -0.05) is 17.7 Å². The van der Waals surface area contributed by atoms with E-state index in [2.05, 4.69) is 4.90 Å². The van der Waals surface area contributed by atoms with Crippen LogP contribution in [0, 0.1) is 0 Å². The number of aliphatic hydroxyl groups is 1. The lowest BCUT2D eigenvalue weighted by Crippen LogP contribution is -2.38. The molecule has 0 bridgehead atoms. The molecule has 23 heavy (non-hydrogen) atoms. The number of rotatable bonds is 1. The van der Waals surface area contributed by atoms with Crippen LogP contribution in [0.5, 0.6) is 0 Å². The Labute approximate surface area is 137 Å². The highest BCUT2D eigenvalue weighted by atomic mass is 35.5. The summed E-state index contributed by atoms with van der Waals surface area (Å²) in [7, 11) is 0. The van der Waals surface area contributed by atoms with Gasteiger partial charge in [0.15, 0.2) is 5.58 Å². The number of hydrogen-bond acceptors (Lipinski definition) is 4. The van der Waals surface area contributed by atoms with Gasteiger partial charge in [0, 0.05) is 24.8 Å². The molecule has 3 aromatic rings. The largest absolute Gasteiger partial charge is 0.454 e. The minimum Gasteiger partial charge on any atom is -0.454 e. The van der Waals surface area contributed by atoms with E-state index in [1.165, 1.54) is 0 Å². The third kappa shape index (κ3) is 2.48. The van der Waals surface area contributed by atoms with Gasteiger partial charge < -0.3 is 14.4 Å². The Morgan fingerprint density at radius 1 is 1.22 bits per heavy atom. The molecule has 1 aliphatic rings. The predicted molar refractivity (Wildman–Crippen MR) is 92.5 cm³/mol. The van der Waals surface area contributed by atoms with Crippen molar-refractivity contribution in [1.29, 1.82) is 0 Å². The number of halogens is 1. The molecule has 0 saturated carbocycles. The number of para-hydroxylation sites is 1. The van der Waals surface area contributed by atoms with Gasteiger partial charge in [-0.15, -0.1) is 0 Å². The Kier molecular flexibility index (Phi) is 3.51. The van der Waals surface area contributed by atoms with Crippen molar-refractivity contribution in [3.8, 4) is 0 Å². The number of hydrogen-bond donors (Lipinski definition) is 1. The van der Waals surface area contributed by atoms with Crippen molar-refractivity contribution in [2.45, 2.75) is 18.9 Å². The fourth-order valence-corrected chi connectivity index (χ4v) is 3.43. The van der Waals surface area contributed by atoms with Crippen LogP contribution in [0.25, 0.3) is 21.9 Å². The number of benzene rings is 2. The maximum absolute atomic E-state index is 12.6. The van der Waals surface area contributed by atoms with Gasteiger partial charge in [0.25, 0.3) is 0 Å².